The van der Waals surface area contributed by atoms with E-state index in [0.717, 1.165) is 50.1 Å². The predicted molar refractivity (Wildman–Crippen MR) is 126 cm³/mol. The Morgan fingerprint density at radius 3 is 2.57 bits per heavy atom. The normalized spacial score (nSPS) is 14.8. The van der Waals surface area contributed by atoms with Crippen LogP contribution in [-0.2, 0) is 13.0 Å². The molecular weight excluding hydrogens is 463 g/mol. The summed E-state index contributed by atoms with van der Waals surface area (Å²) >= 11 is 0. The van der Waals surface area contributed by atoms with Crippen molar-refractivity contribution >= 4 is 35.8 Å². The fourth-order valence-corrected chi connectivity index (χ4v) is 3.30. The van der Waals surface area contributed by atoms with Gasteiger partial charge in [-0.2, -0.15) is 0 Å². The minimum Gasteiger partial charge on any atom is -0.357 e. The predicted octanol–water partition coefficient (Wildman–Crippen LogP) is 3.38. The number of hydrogen-bond acceptors (Lipinski definition) is 4. The van der Waals surface area contributed by atoms with Crippen LogP contribution >= 0.6 is 24.0 Å². The first kappa shape index (κ1) is 22.4. The van der Waals surface area contributed by atoms with Crippen LogP contribution in [0.4, 0.5) is 5.82 Å². The van der Waals surface area contributed by atoms with Gasteiger partial charge in [0.15, 0.2) is 5.96 Å². The summed E-state index contributed by atoms with van der Waals surface area (Å²) in [5, 5.41) is 6.73. The lowest BCUT2D eigenvalue weighted by Crippen LogP contribution is -2.38. The maximum Gasteiger partial charge on any atom is 0.191 e. The molecule has 0 spiro atoms. The highest BCUT2D eigenvalue weighted by Gasteiger charge is 2.11. The van der Waals surface area contributed by atoms with Crippen molar-refractivity contribution in [1.82, 2.24) is 20.6 Å². The molecule has 1 aliphatic rings. The maximum atomic E-state index is 4.58. The number of nitrogens with one attached hydrogen (secondary N) is 2. The molecule has 0 aromatic carbocycles. The monoisotopic (exact) mass is 494 g/mol. The van der Waals surface area contributed by atoms with E-state index in [1.54, 1.807) is 7.05 Å². The molecule has 1 aliphatic heterocycles. The number of hydrogen-bond donors (Lipinski definition) is 2. The van der Waals surface area contributed by atoms with Crippen LogP contribution in [0.1, 0.15) is 36.9 Å². The van der Waals surface area contributed by atoms with Crippen molar-refractivity contribution in [3.05, 3.63) is 54.0 Å². The lowest BCUT2D eigenvalue weighted by atomic mass is 10.2. The molecule has 1 saturated heterocycles. The zero-order valence-corrected chi connectivity index (χ0v) is 18.9. The molecule has 28 heavy (non-hydrogen) atoms. The van der Waals surface area contributed by atoms with Gasteiger partial charge in [-0.1, -0.05) is 18.9 Å². The van der Waals surface area contributed by atoms with Crippen LogP contribution in [0.2, 0.25) is 0 Å². The second-order valence-electron chi connectivity index (χ2n) is 6.85. The van der Waals surface area contributed by atoms with Gasteiger partial charge in [0.25, 0.3) is 0 Å². The van der Waals surface area contributed by atoms with Crippen molar-refractivity contribution in [3.8, 4) is 0 Å². The standard InChI is InChI=1S/C21H30N6.HI/c1-22-21(25-13-10-19-8-4-5-11-23-19)26-17-18-9-12-24-20(16-18)27-14-6-2-3-7-15-27;/h4-5,8-9,11-12,16H,2-3,6-7,10,13-15,17H2,1H3,(H2,22,25,26);1H. The summed E-state index contributed by atoms with van der Waals surface area (Å²) in [4.78, 5) is 15.6. The Kier molecular flexibility index (Phi) is 10.0. The molecular formula is C21H31IN6. The number of anilines is 1. The topological polar surface area (TPSA) is 65.4 Å². The van der Waals surface area contributed by atoms with Gasteiger partial charge in [-0.3, -0.25) is 9.98 Å². The van der Waals surface area contributed by atoms with Gasteiger partial charge in [0.1, 0.15) is 5.82 Å². The molecule has 0 bridgehead atoms. The molecule has 6 nitrogen and oxygen atoms in total. The molecule has 2 aromatic rings. The van der Waals surface area contributed by atoms with Crippen molar-refractivity contribution in [3.63, 3.8) is 0 Å². The van der Waals surface area contributed by atoms with Crippen molar-refractivity contribution in [2.75, 3.05) is 31.6 Å². The summed E-state index contributed by atoms with van der Waals surface area (Å²) in [6, 6.07) is 10.3. The highest BCUT2D eigenvalue weighted by atomic mass is 127. The second kappa shape index (κ2) is 12.5. The summed E-state index contributed by atoms with van der Waals surface area (Å²) in [6.45, 7) is 3.75. The first-order valence-electron chi connectivity index (χ1n) is 9.89. The SMILES string of the molecule is CN=C(NCCc1ccccn1)NCc1ccnc(N2CCCCCC2)c1.I. The van der Waals surface area contributed by atoms with E-state index in [4.69, 9.17) is 0 Å². The minimum absolute atomic E-state index is 0. The Labute approximate surface area is 185 Å². The molecule has 0 amide bonds. The largest absolute Gasteiger partial charge is 0.357 e. The number of aromatic nitrogens is 2. The summed E-state index contributed by atoms with van der Waals surface area (Å²) in [7, 11) is 1.80. The Morgan fingerprint density at radius 2 is 1.86 bits per heavy atom. The van der Waals surface area contributed by atoms with Gasteiger partial charge in [-0.15, -0.1) is 24.0 Å². The van der Waals surface area contributed by atoms with Crippen molar-refractivity contribution < 1.29 is 0 Å². The van der Waals surface area contributed by atoms with Crippen LogP contribution in [0, 0.1) is 0 Å². The lowest BCUT2D eigenvalue weighted by Gasteiger charge is -2.22. The van der Waals surface area contributed by atoms with E-state index in [-0.39, 0.29) is 24.0 Å². The van der Waals surface area contributed by atoms with Crippen LogP contribution in [-0.4, -0.2) is 42.6 Å². The van der Waals surface area contributed by atoms with Crippen LogP contribution in [0.15, 0.2) is 47.7 Å². The van der Waals surface area contributed by atoms with Crippen LogP contribution in [0.25, 0.3) is 0 Å². The third-order valence-corrected chi connectivity index (χ3v) is 4.82. The molecule has 1 fully saturated rings. The molecule has 0 saturated carbocycles. The highest BCUT2D eigenvalue weighted by molar-refractivity contribution is 14.0. The number of aliphatic imine (C=N–C) groups is 1. The zero-order valence-electron chi connectivity index (χ0n) is 16.6. The van der Waals surface area contributed by atoms with Gasteiger partial charge in [0.05, 0.1) is 0 Å². The van der Waals surface area contributed by atoms with Crippen LogP contribution in [0.3, 0.4) is 0 Å². The summed E-state index contributed by atoms with van der Waals surface area (Å²) in [5.41, 5.74) is 2.30. The Morgan fingerprint density at radius 1 is 1.04 bits per heavy atom. The second-order valence-corrected chi connectivity index (χ2v) is 6.85. The summed E-state index contributed by atoms with van der Waals surface area (Å²) in [5.74, 6) is 1.90. The number of rotatable bonds is 6. The third kappa shape index (κ3) is 7.26. The van der Waals surface area contributed by atoms with Gasteiger partial charge in [0, 0.05) is 57.7 Å². The first-order valence-corrected chi connectivity index (χ1v) is 9.89. The summed E-state index contributed by atoms with van der Waals surface area (Å²) < 4.78 is 0. The average Bonchev–Trinajstić information content (AvgIpc) is 3.01. The van der Waals surface area contributed by atoms with E-state index in [2.05, 4.69) is 42.6 Å². The fraction of sp³-hybridized carbons (Fsp3) is 0.476. The Balaban J connectivity index is 0.00000280. The van der Waals surface area contributed by atoms with E-state index >= 15 is 0 Å². The average molecular weight is 494 g/mol. The number of pyridine rings is 2. The van der Waals surface area contributed by atoms with Crippen LogP contribution < -0.4 is 15.5 Å². The molecule has 7 heteroatoms. The van der Waals surface area contributed by atoms with Crippen LogP contribution in [0.5, 0.6) is 0 Å². The molecule has 0 aliphatic carbocycles. The lowest BCUT2D eigenvalue weighted by molar-refractivity contribution is 0.726. The smallest absolute Gasteiger partial charge is 0.191 e. The van der Waals surface area contributed by atoms with Crippen molar-refractivity contribution in [2.45, 2.75) is 38.6 Å². The number of halogens is 1. The Bertz CT molecular complexity index is 714. The maximum absolute atomic E-state index is 4.58. The van der Waals surface area contributed by atoms with Gasteiger partial charge in [-0.05, 0) is 42.7 Å². The third-order valence-electron chi connectivity index (χ3n) is 4.82. The molecule has 3 heterocycles. The first-order chi connectivity index (χ1) is 13.3. The molecule has 0 radical (unpaired) electrons. The minimum atomic E-state index is 0. The van der Waals surface area contributed by atoms with E-state index in [9.17, 15) is 0 Å². The molecule has 2 N–H and O–H groups in total. The summed E-state index contributed by atoms with van der Waals surface area (Å²) in [6.07, 6.45) is 9.79. The quantitative estimate of drug-likeness (QED) is 0.366. The Hall–Kier alpha value is -1.90. The molecule has 0 unspecified atom stereocenters. The highest BCUT2D eigenvalue weighted by Crippen LogP contribution is 2.18. The molecule has 0 atom stereocenters. The van der Waals surface area contributed by atoms with Gasteiger partial charge < -0.3 is 15.5 Å². The number of nitrogens with zero attached hydrogens (tertiary/aromatic N) is 4. The molecule has 3 rings (SSSR count). The van der Waals surface area contributed by atoms with E-state index in [1.165, 1.54) is 31.2 Å². The number of guanidine groups is 1. The van der Waals surface area contributed by atoms with Gasteiger partial charge >= 0.3 is 0 Å². The molecule has 2 aromatic heterocycles. The fourth-order valence-electron chi connectivity index (χ4n) is 3.30. The van der Waals surface area contributed by atoms with Gasteiger partial charge in [-0.25, -0.2) is 4.98 Å². The molecule has 152 valence electrons. The van der Waals surface area contributed by atoms with E-state index in [1.807, 2.05) is 30.6 Å². The van der Waals surface area contributed by atoms with E-state index in [0.29, 0.717) is 0 Å². The van der Waals surface area contributed by atoms with E-state index < -0.39 is 0 Å². The van der Waals surface area contributed by atoms with Gasteiger partial charge in [0.2, 0.25) is 0 Å². The van der Waals surface area contributed by atoms with Crippen molar-refractivity contribution in [2.24, 2.45) is 4.99 Å². The zero-order chi connectivity index (χ0) is 18.7. The van der Waals surface area contributed by atoms with Crippen molar-refractivity contribution in [1.29, 1.82) is 0 Å².